The monoisotopic (exact) mass is 596 g/mol. The van der Waals surface area contributed by atoms with Crippen molar-refractivity contribution in [1.29, 1.82) is 0 Å². The third-order valence-corrected chi connectivity index (χ3v) is 7.38. The number of aromatic hydroxyl groups is 7. The summed E-state index contributed by atoms with van der Waals surface area (Å²) in [6.07, 6.45) is 0. The molecule has 0 radical (unpaired) electrons. The van der Waals surface area contributed by atoms with E-state index >= 15 is 0 Å². The molecule has 0 saturated carbocycles. The van der Waals surface area contributed by atoms with Gasteiger partial charge in [0.1, 0.15) is 11.3 Å². The van der Waals surface area contributed by atoms with Crippen molar-refractivity contribution in [2.45, 2.75) is 30.6 Å². The summed E-state index contributed by atoms with van der Waals surface area (Å²) in [6.45, 7) is 1.22. The maximum absolute atomic E-state index is 11.4. The Labute approximate surface area is 234 Å². The van der Waals surface area contributed by atoms with Crippen molar-refractivity contribution >= 4 is 23.3 Å². The van der Waals surface area contributed by atoms with Gasteiger partial charge in [-0.05, 0) is 29.2 Å². The Balaban J connectivity index is 1.59. The summed E-state index contributed by atoms with van der Waals surface area (Å²) in [7, 11) is 0. The normalized spacial score (nSPS) is 16.6. The lowest BCUT2D eigenvalue weighted by molar-refractivity contribution is -0.357. The highest BCUT2D eigenvalue weighted by molar-refractivity contribution is 6.33. The Morgan fingerprint density at radius 1 is 0.829 bits per heavy atom. The number of anilines is 1. The molecule has 4 rings (SSSR count). The van der Waals surface area contributed by atoms with E-state index in [0.29, 0.717) is 5.56 Å². The lowest BCUT2D eigenvalue weighted by Gasteiger charge is -2.42. The van der Waals surface area contributed by atoms with Crippen molar-refractivity contribution in [1.82, 2.24) is 5.32 Å². The fourth-order valence-electron chi connectivity index (χ4n) is 4.76. The van der Waals surface area contributed by atoms with Gasteiger partial charge in [0.05, 0.1) is 10.6 Å². The van der Waals surface area contributed by atoms with E-state index in [0.717, 1.165) is 6.07 Å². The molecule has 14 N–H and O–H groups in total. The average molecular weight is 597 g/mol. The standard InChI is InChI=1S/C25H25ClN2O13/c1-7-10(13-11(7)15(26)20(33)22(35)18(13)31)6-27-24(38,39)25(40,41)28-9-4-2-3-8(5-9)12-16(29)14(23(36)37)19(32)21(34)17(12)30/h2-5,7,10,27-35,38-41H,6H2,1H3,(H,36,37). The number of nitrogens with one attached hydrogen (secondary N) is 2. The molecule has 1 aliphatic carbocycles. The van der Waals surface area contributed by atoms with Crippen LogP contribution in [0.2, 0.25) is 5.02 Å². The number of carboxylic acid groups (broad SMARTS) is 1. The molecule has 1 aliphatic rings. The van der Waals surface area contributed by atoms with Gasteiger partial charge in [-0.2, -0.15) is 0 Å². The number of aliphatic hydroxyl groups is 4. The van der Waals surface area contributed by atoms with Crippen molar-refractivity contribution in [3.05, 3.63) is 46.0 Å². The molecule has 220 valence electrons. The summed E-state index contributed by atoms with van der Waals surface area (Å²) in [5.41, 5.74) is -1.85. The number of phenols is 7. The number of rotatable bonds is 8. The van der Waals surface area contributed by atoms with E-state index in [4.69, 9.17) is 11.6 Å². The molecular weight excluding hydrogens is 572 g/mol. The highest BCUT2D eigenvalue weighted by atomic mass is 35.5. The number of benzene rings is 3. The van der Waals surface area contributed by atoms with E-state index < -0.39 is 87.5 Å². The van der Waals surface area contributed by atoms with Crippen molar-refractivity contribution in [3.8, 4) is 51.4 Å². The van der Waals surface area contributed by atoms with Crippen molar-refractivity contribution in [2.75, 3.05) is 11.9 Å². The second-order valence-corrected chi connectivity index (χ2v) is 9.84. The van der Waals surface area contributed by atoms with Gasteiger partial charge in [-0.15, -0.1) is 0 Å². The van der Waals surface area contributed by atoms with Gasteiger partial charge < -0.3 is 66.6 Å². The second-order valence-electron chi connectivity index (χ2n) is 9.46. The number of fused-ring (bicyclic) bond motifs is 1. The molecule has 0 aliphatic heterocycles. The van der Waals surface area contributed by atoms with Crippen molar-refractivity contribution in [3.63, 3.8) is 0 Å². The van der Waals surface area contributed by atoms with Crippen LogP contribution in [0.5, 0.6) is 40.2 Å². The van der Waals surface area contributed by atoms with Crippen LogP contribution in [-0.2, 0) is 0 Å². The molecule has 41 heavy (non-hydrogen) atoms. The SMILES string of the molecule is CC1c2c(Cl)c(O)c(O)c(O)c2C1CNC(O)(O)C(O)(O)Nc1cccc(-c2c(O)c(O)c(O)c(C(=O)O)c2O)c1. The number of aromatic carboxylic acids is 1. The Hall–Kier alpha value is -4.38. The number of hydrogen-bond acceptors (Lipinski definition) is 14. The molecule has 16 heteroatoms. The summed E-state index contributed by atoms with van der Waals surface area (Å²) in [4.78, 5) is 11.4. The summed E-state index contributed by atoms with van der Waals surface area (Å²) < 4.78 is 0. The van der Waals surface area contributed by atoms with E-state index in [1.54, 1.807) is 6.92 Å². The molecule has 2 atom stereocenters. The molecule has 3 aromatic carbocycles. The van der Waals surface area contributed by atoms with Gasteiger partial charge >= 0.3 is 17.8 Å². The zero-order chi connectivity index (χ0) is 30.8. The Bertz CT molecular complexity index is 1570. The summed E-state index contributed by atoms with van der Waals surface area (Å²) in [5, 5.41) is 125. The average Bonchev–Trinajstić information content (AvgIpc) is 2.88. The number of carbonyl (C=O) groups is 1. The van der Waals surface area contributed by atoms with Crippen LogP contribution in [0, 0.1) is 0 Å². The molecule has 0 aromatic heterocycles. The quantitative estimate of drug-likeness (QED) is 0.0973. The zero-order valence-corrected chi connectivity index (χ0v) is 21.6. The molecule has 2 unspecified atom stereocenters. The minimum atomic E-state index is -3.55. The number of phenolic OH excluding ortho intramolecular Hbond substituents is 5. The van der Waals surface area contributed by atoms with Crippen LogP contribution < -0.4 is 10.6 Å². The van der Waals surface area contributed by atoms with Crippen LogP contribution in [0.3, 0.4) is 0 Å². The van der Waals surface area contributed by atoms with Gasteiger partial charge in [-0.3, -0.25) is 5.32 Å². The zero-order valence-electron chi connectivity index (χ0n) is 20.8. The first kappa shape index (κ1) is 29.6. The van der Waals surface area contributed by atoms with Gasteiger partial charge in [-0.25, -0.2) is 4.79 Å². The number of carboxylic acids is 1. The molecule has 15 nitrogen and oxygen atoms in total. The summed E-state index contributed by atoms with van der Waals surface area (Å²) >= 11 is 6.02. The third-order valence-electron chi connectivity index (χ3n) is 7.00. The highest BCUT2D eigenvalue weighted by Gasteiger charge is 2.50. The predicted octanol–water partition coefficient (Wildman–Crippen LogP) is 0.824. The molecule has 3 aromatic rings. The molecule has 0 amide bonds. The van der Waals surface area contributed by atoms with Crippen LogP contribution in [0.15, 0.2) is 24.3 Å². The molecule has 0 heterocycles. The fourth-order valence-corrected chi connectivity index (χ4v) is 5.13. The van der Waals surface area contributed by atoms with E-state index in [9.17, 15) is 66.1 Å². The predicted molar refractivity (Wildman–Crippen MR) is 139 cm³/mol. The third kappa shape index (κ3) is 4.59. The van der Waals surface area contributed by atoms with Gasteiger partial charge in [-0.1, -0.05) is 30.7 Å². The van der Waals surface area contributed by atoms with Crippen LogP contribution in [0.25, 0.3) is 11.1 Å². The molecule has 0 fully saturated rings. The lowest BCUT2D eigenvalue weighted by atomic mass is 9.68. The molecule has 0 spiro atoms. The molecular formula is C25H25ClN2O13. The van der Waals surface area contributed by atoms with E-state index in [1.165, 1.54) is 18.2 Å². The lowest BCUT2D eigenvalue weighted by Crippen LogP contribution is -2.67. The van der Waals surface area contributed by atoms with Crippen molar-refractivity contribution < 1.29 is 66.1 Å². The summed E-state index contributed by atoms with van der Waals surface area (Å²) in [5.74, 6) is -17.1. The summed E-state index contributed by atoms with van der Waals surface area (Å²) in [6, 6.07) is 4.63. The highest BCUT2D eigenvalue weighted by Crippen LogP contribution is 2.59. The first-order valence-electron chi connectivity index (χ1n) is 11.6. The van der Waals surface area contributed by atoms with Crippen LogP contribution in [0.4, 0.5) is 5.69 Å². The molecule has 0 bridgehead atoms. The molecule has 0 saturated heterocycles. The maximum atomic E-state index is 11.4. The van der Waals surface area contributed by atoms with Gasteiger partial charge in [0.15, 0.2) is 23.0 Å². The largest absolute Gasteiger partial charge is 0.506 e. The Morgan fingerprint density at radius 3 is 2.05 bits per heavy atom. The van der Waals surface area contributed by atoms with Gasteiger partial charge in [0.25, 0.3) is 0 Å². The smallest absolute Gasteiger partial charge is 0.343 e. The fraction of sp³-hybridized carbons (Fsp3) is 0.240. The first-order chi connectivity index (χ1) is 18.9. The van der Waals surface area contributed by atoms with Crippen LogP contribution in [-0.4, -0.2) is 85.6 Å². The minimum Gasteiger partial charge on any atom is -0.506 e. The second kappa shape index (κ2) is 9.91. The van der Waals surface area contributed by atoms with Crippen LogP contribution >= 0.6 is 11.6 Å². The van der Waals surface area contributed by atoms with Gasteiger partial charge in [0.2, 0.25) is 11.5 Å². The minimum absolute atomic E-state index is 0.0979. The topological polar surface area (TPSA) is 284 Å². The number of halogens is 1. The van der Waals surface area contributed by atoms with Gasteiger partial charge in [0, 0.05) is 23.7 Å². The Morgan fingerprint density at radius 2 is 1.44 bits per heavy atom. The van der Waals surface area contributed by atoms with E-state index in [1.807, 2.05) is 5.32 Å². The maximum Gasteiger partial charge on any atom is 0.343 e. The first-order valence-corrected chi connectivity index (χ1v) is 12.0. The van der Waals surface area contributed by atoms with Crippen LogP contribution in [0.1, 0.15) is 40.2 Å². The number of hydrogen-bond donors (Lipinski definition) is 14. The van der Waals surface area contributed by atoms with E-state index in [-0.39, 0.29) is 21.8 Å². The van der Waals surface area contributed by atoms with Crippen molar-refractivity contribution in [2.24, 2.45) is 0 Å². The van der Waals surface area contributed by atoms with E-state index in [2.05, 4.69) is 5.32 Å². The Kier molecular flexibility index (Phi) is 7.16.